The van der Waals surface area contributed by atoms with Crippen molar-refractivity contribution in [3.05, 3.63) is 53.9 Å². The van der Waals surface area contributed by atoms with Crippen molar-refractivity contribution in [3.63, 3.8) is 0 Å². The molecule has 1 heterocycles. The summed E-state index contributed by atoms with van der Waals surface area (Å²) in [4.78, 5) is 3.80. The number of halogens is 2. The summed E-state index contributed by atoms with van der Waals surface area (Å²) < 4.78 is 31.4. The van der Waals surface area contributed by atoms with Crippen LogP contribution in [-0.2, 0) is 0 Å². The Hall–Kier alpha value is -2.50. The van der Waals surface area contributed by atoms with Crippen LogP contribution in [0.3, 0.4) is 0 Å². The van der Waals surface area contributed by atoms with Crippen LogP contribution in [0.1, 0.15) is 5.56 Å². The number of ether oxygens (including phenoxy) is 1. The number of hydrogen-bond donors (Lipinski definition) is 2. The first-order valence-electron chi connectivity index (χ1n) is 4.99. The number of nitrogens with two attached hydrogens (primary N) is 1. The van der Waals surface area contributed by atoms with Crippen LogP contribution in [0, 0.1) is 17.0 Å². The van der Waals surface area contributed by atoms with Crippen LogP contribution in [0.25, 0.3) is 0 Å². The maximum atomic E-state index is 13.4. The Labute approximate surface area is 102 Å². The fraction of sp³-hybridized carbons (Fsp3) is 0. The minimum absolute atomic E-state index is 0.135. The van der Waals surface area contributed by atoms with E-state index in [1.165, 1.54) is 18.5 Å². The van der Waals surface area contributed by atoms with Gasteiger partial charge in [-0.2, -0.15) is 0 Å². The monoisotopic (exact) mass is 249 g/mol. The van der Waals surface area contributed by atoms with Crippen LogP contribution in [-0.4, -0.2) is 10.8 Å². The predicted octanol–water partition coefficient (Wildman–Crippen LogP) is 2.44. The lowest BCUT2D eigenvalue weighted by atomic mass is 10.2. The summed E-state index contributed by atoms with van der Waals surface area (Å²) in [5.41, 5.74) is 5.64. The van der Waals surface area contributed by atoms with Crippen molar-refractivity contribution in [2.24, 2.45) is 5.73 Å². The van der Waals surface area contributed by atoms with Crippen LogP contribution >= 0.6 is 0 Å². The van der Waals surface area contributed by atoms with Crippen LogP contribution in [0.5, 0.6) is 11.5 Å². The number of benzene rings is 1. The van der Waals surface area contributed by atoms with Gasteiger partial charge in [-0.25, -0.2) is 8.78 Å². The van der Waals surface area contributed by atoms with Gasteiger partial charge in [0.15, 0.2) is 17.3 Å². The largest absolute Gasteiger partial charge is 0.452 e. The molecule has 0 aliphatic carbocycles. The number of rotatable bonds is 3. The van der Waals surface area contributed by atoms with Crippen molar-refractivity contribution in [3.8, 4) is 11.5 Å². The molecule has 2 rings (SSSR count). The molecule has 0 aliphatic rings. The summed E-state index contributed by atoms with van der Waals surface area (Å²) in [5, 5.41) is 7.35. The lowest BCUT2D eigenvalue weighted by Gasteiger charge is -2.09. The quantitative estimate of drug-likeness (QED) is 0.648. The van der Waals surface area contributed by atoms with Gasteiger partial charge in [-0.3, -0.25) is 10.4 Å². The van der Waals surface area contributed by atoms with Crippen molar-refractivity contribution < 1.29 is 13.5 Å². The Morgan fingerprint density at radius 1 is 1.22 bits per heavy atom. The molecule has 0 bridgehead atoms. The minimum atomic E-state index is -0.839. The summed E-state index contributed by atoms with van der Waals surface area (Å²) >= 11 is 0. The highest BCUT2D eigenvalue weighted by Crippen LogP contribution is 2.26. The highest BCUT2D eigenvalue weighted by atomic mass is 19.1. The molecule has 18 heavy (non-hydrogen) atoms. The lowest BCUT2D eigenvalue weighted by molar-refractivity contribution is 0.435. The number of hydrogen-bond acceptors (Lipinski definition) is 3. The first-order chi connectivity index (χ1) is 8.58. The van der Waals surface area contributed by atoms with Gasteiger partial charge in [0, 0.05) is 12.3 Å². The first kappa shape index (κ1) is 12.0. The van der Waals surface area contributed by atoms with Crippen molar-refractivity contribution in [1.29, 1.82) is 5.41 Å². The Morgan fingerprint density at radius 2 is 2.00 bits per heavy atom. The molecule has 92 valence electrons. The molecule has 0 fully saturated rings. The lowest BCUT2D eigenvalue weighted by Crippen LogP contribution is -2.12. The molecular formula is C12H9F2N3O. The van der Waals surface area contributed by atoms with Gasteiger partial charge in [-0.1, -0.05) is 0 Å². The number of amidine groups is 1. The second-order valence-corrected chi connectivity index (χ2v) is 3.46. The van der Waals surface area contributed by atoms with Gasteiger partial charge >= 0.3 is 0 Å². The van der Waals surface area contributed by atoms with Gasteiger partial charge < -0.3 is 10.5 Å². The second-order valence-electron chi connectivity index (χ2n) is 3.46. The Kier molecular flexibility index (Phi) is 3.18. The Morgan fingerprint density at radius 3 is 2.67 bits per heavy atom. The molecule has 0 saturated carbocycles. The molecule has 0 atom stereocenters. The third kappa shape index (κ3) is 2.42. The van der Waals surface area contributed by atoms with E-state index >= 15 is 0 Å². The maximum absolute atomic E-state index is 13.4. The summed E-state index contributed by atoms with van der Waals surface area (Å²) in [6.45, 7) is 0. The molecular weight excluding hydrogens is 240 g/mol. The molecule has 0 spiro atoms. The van der Waals surface area contributed by atoms with Crippen LogP contribution in [0.15, 0.2) is 36.7 Å². The summed E-state index contributed by atoms with van der Waals surface area (Å²) in [7, 11) is 0. The zero-order valence-electron chi connectivity index (χ0n) is 9.15. The number of nitrogen functional groups attached to an aromatic ring is 1. The van der Waals surface area contributed by atoms with E-state index in [4.69, 9.17) is 15.9 Å². The molecule has 0 unspecified atom stereocenters. The van der Waals surface area contributed by atoms with E-state index in [0.29, 0.717) is 6.07 Å². The molecule has 0 radical (unpaired) electrons. The summed E-state index contributed by atoms with van der Waals surface area (Å²) in [5.74, 6) is -1.79. The van der Waals surface area contributed by atoms with E-state index in [2.05, 4.69) is 4.98 Å². The number of nitrogens with one attached hydrogen (secondary N) is 1. The van der Waals surface area contributed by atoms with Gasteiger partial charge in [0.25, 0.3) is 0 Å². The van der Waals surface area contributed by atoms with Gasteiger partial charge in [0.1, 0.15) is 11.7 Å². The van der Waals surface area contributed by atoms with Gasteiger partial charge in [0.2, 0.25) is 0 Å². The van der Waals surface area contributed by atoms with Crippen molar-refractivity contribution in [2.45, 2.75) is 0 Å². The molecule has 1 aromatic carbocycles. The fourth-order valence-electron chi connectivity index (χ4n) is 1.36. The SMILES string of the molecule is N=C(N)c1ccncc1Oc1ccc(F)cc1F. The average Bonchev–Trinajstić information content (AvgIpc) is 2.33. The molecule has 3 N–H and O–H groups in total. The molecule has 0 saturated heterocycles. The van der Waals surface area contributed by atoms with E-state index in [9.17, 15) is 8.78 Å². The third-order valence-corrected chi connectivity index (χ3v) is 2.19. The van der Waals surface area contributed by atoms with Crippen molar-refractivity contribution in [1.82, 2.24) is 4.98 Å². The van der Waals surface area contributed by atoms with Crippen LogP contribution < -0.4 is 10.5 Å². The standard InChI is InChI=1S/C12H9F2N3O/c13-7-1-2-10(9(14)5-7)18-11-6-17-4-3-8(11)12(15)16/h1-6H,(H3,15,16). The number of aromatic nitrogens is 1. The highest BCUT2D eigenvalue weighted by Gasteiger charge is 2.11. The van der Waals surface area contributed by atoms with Crippen LogP contribution in [0.4, 0.5) is 8.78 Å². The Balaban J connectivity index is 2.37. The highest BCUT2D eigenvalue weighted by molar-refractivity contribution is 5.97. The van der Waals surface area contributed by atoms with E-state index in [1.807, 2.05) is 0 Å². The molecule has 6 heteroatoms. The topological polar surface area (TPSA) is 72.0 Å². The molecule has 0 aliphatic heterocycles. The normalized spacial score (nSPS) is 10.1. The molecule has 1 aromatic heterocycles. The number of nitrogens with zero attached hydrogens (tertiary/aromatic N) is 1. The summed E-state index contributed by atoms with van der Waals surface area (Å²) in [6, 6.07) is 4.40. The average molecular weight is 249 g/mol. The minimum Gasteiger partial charge on any atom is -0.452 e. The zero-order valence-corrected chi connectivity index (χ0v) is 9.15. The summed E-state index contributed by atoms with van der Waals surface area (Å²) in [6.07, 6.45) is 2.74. The smallest absolute Gasteiger partial charge is 0.168 e. The molecule has 2 aromatic rings. The van der Waals surface area contributed by atoms with E-state index in [-0.39, 0.29) is 22.9 Å². The van der Waals surface area contributed by atoms with Gasteiger partial charge in [-0.15, -0.1) is 0 Å². The molecule has 4 nitrogen and oxygen atoms in total. The van der Waals surface area contributed by atoms with E-state index < -0.39 is 11.6 Å². The number of pyridine rings is 1. The molecule has 0 amide bonds. The Bertz CT molecular complexity index is 602. The maximum Gasteiger partial charge on any atom is 0.168 e. The predicted molar refractivity (Wildman–Crippen MR) is 61.7 cm³/mol. The van der Waals surface area contributed by atoms with Crippen LogP contribution in [0.2, 0.25) is 0 Å². The van der Waals surface area contributed by atoms with E-state index in [1.54, 1.807) is 0 Å². The van der Waals surface area contributed by atoms with Crippen molar-refractivity contribution >= 4 is 5.84 Å². The zero-order chi connectivity index (χ0) is 13.1. The van der Waals surface area contributed by atoms with E-state index in [0.717, 1.165) is 12.1 Å². The fourth-order valence-corrected chi connectivity index (χ4v) is 1.36. The third-order valence-electron chi connectivity index (χ3n) is 2.19. The first-order valence-corrected chi connectivity index (χ1v) is 4.99. The second kappa shape index (κ2) is 4.79. The van der Waals surface area contributed by atoms with Gasteiger partial charge in [0.05, 0.1) is 11.8 Å². The van der Waals surface area contributed by atoms with Gasteiger partial charge in [-0.05, 0) is 18.2 Å². The van der Waals surface area contributed by atoms with Crippen molar-refractivity contribution in [2.75, 3.05) is 0 Å².